The number of hydrogen-bond acceptors (Lipinski definition) is 4. The topological polar surface area (TPSA) is 50.8 Å². The molecule has 0 unspecified atom stereocenters. The van der Waals surface area contributed by atoms with Gasteiger partial charge in [0.15, 0.2) is 5.11 Å². The highest BCUT2D eigenvalue weighted by Crippen LogP contribution is 2.14. The Labute approximate surface area is 158 Å². The number of hydrogen-bond donors (Lipinski definition) is 1. The summed E-state index contributed by atoms with van der Waals surface area (Å²) in [6.07, 6.45) is 0.818. The SMILES string of the molecule is O=C(NC(=S)N1CCOCC1)c1cccc(OCCc2ccccc2)c1. The fourth-order valence-corrected chi connectivity index (χ4v) is 2.95. The van der Waals surface area contributed by atoms with Crippen molar-refractivity contribution in [3.8, 4) is 5.75 Å². The van der Waals surface area contributed by atoms with Gasteiger partial charge in [0.1, 0.15) is 5.75 Å². The molecule has 0 aromatic heterocycles. The van der Waals surface area contributed by atoms with Gasteiger partial charge in [0.05, 0.1) is 19.8 Å². The summed E-state index contributed by atoms with van der Waals surface area (Å²) in [5, 5.41) is 3.22. The zero-order valence-corrected chi connectivity index (χ0v) is 15.3. The lowest BCUT2D eigenvalue weighted by Crippen LogP contribution is -2.47. The van der Waals surface area contributed by atoms with Crippen molar-refractivity contribution in [2.24, 2.45) is 0 Å². The lowest BCUT2D eigenvalue weighted by molar-refractivity contribution is 0.0669. The van der Waals surface area contributed by atoms with Gasteiger partial charge >= 0.3 is 0 Å². The van der Waals surface area contributed by atoms with Gasteiger partial charge in [-0.1, -0.05) is 36.4 Å². The van der Waals surface area contributed by atoms with Crippen LogP contribution in [-0.4, -0.2) is 48.8 Å². The molecule has 2 aromatic rings. The first-order chi connectivity index (χ1) is 12.7. The quantitative estimate of drug-likeness (QED) is 0.820. The molecule has 0 atom stereocenters. The second-order valence-corrected chi connectivity index (χ2v) is 6.36. The minimum Gasteiger partial charge on any atom is -0.493 e. The van der Waals surface area contributed by atoms with Gasteiger partial charge in [-0.05, 0) is 36.0 Å². The molecule has 0 bridgehead atoms. The number of nitrogens with one attached hydrogen (secondary N) is 1. The van der Waals surface area contributed by atoms with E-state index in [-0.39, 0.29) is 5.91 Å². The van der Waals surface area contributed by atoms with Crippen molar-refractivity contribution < 1.29 is 14.3 Å². The van der Waals surface area contributed by atoms with E-state index in [1.807, 2.05) is 35.2 Å². The predicted octanol–water partition coefficient (Wildman–Crippen LogP) is 2.66. The molecule has 1 fully saturated rings. The molecule has 0 radical (unpaired) electrons. The summed E-state index contributed by atoms with van der Waals surface area (Å²) in [5.41, 5.74) is 1.75. The lowest BCUT2D eigenvalue weighted by atomic mass is 10.2. The summed E-state index contributed by atoms with van der Waals surface area (Å²) in [4.78, 5) is 14.4. The summed E-state index contributed by atoms with van der Waals surface area (Å²) < 4.78 is 11.1. The molecule has 0 spiro atoms. The summed E-state index contributed by atoms with van der Waals surface area (Å²) in [5.74, 6) is 0.445. The number of rotatable bonds is 5. The van der Waals surface area contributed by atoms with Crippen LogP contribution in [0, 0.1) is 0 Å². The summed E-state index contributed by atoms with van der Waals surface area (Å²) in [6.45, 7) is 3.20. The van der Waals surface area contributed by atoms with E-state index in [1.54, 1.807) is 12.1 Å². The van der Waals surface area contributed by atoms with Crippen LogP contribution in [-0.2, 0) is 11.2 Å². The summed E-state index contributed by atoms with van der Waals surface area (Å²) >= 11 is 5.31. The Hall–Kier alpha value is -2.44. The van der Waals surface area contributed by atoms with Gasteiger partial charge in [0, 0.05) is 25.1 Å². The largest absolute Gasteiger partial charge is 0.493 e. The third-order valence-electron chi connectivity index (χ3n) is 4.12. The second kappa shape index (κ2) is 9.31. The predicted molar refractivity (Wildman–Crippen MR) is 105 cm³/mol. The van der Waals surface area contributed by atoms with Gasteiger partial charge in [0.2, 0.25) is 0 Å². The Kier molecular flexibility index (Phi) is 6.57. The van der Waals surface area contributed by atoms with E-state index < -0.39 is 0 Å². The maximum Gasteiger partial charge on any atom is 0.257 e. The monoisotopic (exact) mass is 370 g/mol. The van der Waals surface area contributed by atoms with Crippen LogP contribution in [0.1, 0.15) is 15.9 Å². The third-order valence-corrected chi connectivity index (χ3v) is 4.48. The molecular formula is C20H22N2O3S. The zero-order chi connectivity index (χ0) is 18.2. The molecule has 0 saturated carbocycles. The molecule has 1 amide bonds. The van der Waals surface area contributed by atoms with Crippen LogP contribution < -0.4 is 10.1 Å². The molecule has 1 aliphatic rings. The number of benzene rings is 2. The Bertz CT molecular complexity index is 746. The van der Waals surface area contributed by atoms with Gasteiger partial charge in [-0.2, -0.15) is 0 Å². The molecule has 1 saturated heterocycles. The number of morpholine rings is 1. The highest BCUT2D eigenvalue weighted by atomic mass is 32.1. The number of carbonyl (C=O) groups is 1. The van der Waals surface area contributed by atoms with Crippen LogP contribution in [0.4, 0.5) is 0 Å². The minimum absolute atomic E-state index is 0.227. The van der Waals surface area contributed by atoms with Crippen LogP contribution >= 0.6 is 12.2 Å². The van der Waals surface area contributed by atoms with Crippen molar-refractivity contribution in [1.29, 1.82) is 0 Å². The maximum atomic E-state index is 12.4. The molecule has 1 aliphatic heterocycles. The first kappa shape index (κ1) is 18.4. The molecule has 26 heavy (non-hydrogen) atoms. The van der Waals surface area contributed by atoms with Gasteiger partial charge in [-0.25, -0.2) is 0 Å². The Morgan fingerprint density at radius 1 is 1.12 bits per heavy atom. The Morgan fingerprint density at radius 3 is 2.65 bits per heavy atom. The maximum absolute atomic E-state index is 12.4. The van der Waals surface area contributed by atoms with Crippen molar-refractivity contribution in [3.63, 3.8) is 0 Å². The van der Waals surface area contributed by atoms with E-state index in [9.17, 15) is 4.79 Å². The van der Waals surface area contributed by atoms with Crippen molar-refractivity contribution in [2.45, 2.75) is 6.42 Å². The Morgan fingerprint density at radius 2 is 1.88 bits per heavy atom. The average Bonchev–Trinajstić information content (AvgIpc) is 2.69. The number of ether oxygens (including phenoxy) is 2. The van der Waals surface area contributed by atoms with Gasteiger partial charge < -0.3 is 14.4 Å². The number of carbonyl (C=O) groups excluding carboxylic acids is 1. The fourth-order valence-electron chi connectivity index (χ4n) is 2.67. The number of amides is 1. The van der Waals surface area contributed by atoms with Crippen LogP contribution in [0.3, 0.4) is 0 Å². The lowest BCUT2D eigenvalue weighted by Gasteiger charge is -2.28. The van der Waals surface area contributed by atoms with Crippen molar-refractivity contribution in [3.05, 3.63) is 65.7 Å². The van der Waals surface area contributed by atoms with E-state index in [0.717, 1.165) is 6.42 Å². The van der Waals surface area contributed by atoms with Crippen molar-refractivity contribution in [2.75, 3.05) is 32.9 Å². The van der Waals surface area contributed by atoms with Gasteiger partial charge in [0.25, 0.3) is 5.91 Å². The molecule has 6 heteroatoms. The molecule has 1 N–H and O–H groups in total. The molecular weight excluding hydrogens is 348 g/mol. The fraction of sp³-hybridized carbons (Fsp3) is 0.300. The number of thiocarbonyl (C=S) groups is 1. The highest BCUT2D eigenvalue weighted by molar-refractivity contribution is 7.80. The minimum atomic E-state index is -0.227. The molecule has 0 aliphatic carbocycles. The summed E-state index contributed by atoms with van der Waals surface area (Å²) in [7, 11) is 0. The highest BCUT2D eigenvalue weighted by Gasteiger charge is 2.16. The van der Waals surface area contributed by atoms with E-state index in [1.165, 1.54) is 5.56 Å². The first-order valence-corrected chi connectivity index (χ1v) is 9.08. The van der Waals surface area contributed by atoms with Crippen LogP contribution in [0.15, 0.2) is 54.6 Å². The second-order valence-electron chi connectivity index (χ2n) is 5.97. The molecule has 1 heterocycles. The van der Waals surface area contributed by atoms with Crippen LogP contribution in [0.5, 0.6) is 5.75 Å². The van der Waals surface area contributed by atoms with E-state index in [4.69, 9.17) is 21.7 Å². The van der Waals surface area contributed by atoms with Crippen LogP contribution in [0.2, 0.25) is 0 Å². The van der Waals surface area contributed by atoms with E-state index in [2.05, 4.69) is 17.4 Å². The van der Waals surface area contributed by atoms with Gasteiger partial charge in [-0.3, -0.25) is 10.1 Å². The molecule has 2 aromatic carbocycles. The average molecular weight is 370 g/mol. The summed E-state index contributed by atoms with van der Waals surface area (Å²) in [6, 6.07) is 17.3. The van der Waals surface area contributed by atoms with E-state index >= 15 is 0 Å². The number of nitrogens with zero attached hydrogens (tertiary/aromatic N) is 1. The molecule has 136 valence electrons. The first-order valence-electron chi connectivity index (χ1n) is 8.67. The normalized spacial score (nSPS) is 13.9. The smallest absolute Gasteiger partial charge is 0.257 e. The standard InChI is InChI=1S/C20H22N2O3S/c23-19(21-20(26)22-10-13-24-14-11-22)17-7-4-8-18(15-17)25-12-9-16-5-2-1-3-6-16/h1-8,15H,9-14H2,(H,21,23,26). The van der Waals surface area contributed by atoms with E-state index in [0.29, 0.717) is 49.3 Å². The molecule has 5 nitrogen and oxygen atoms in total. The van der Waals surface area contributed by atoms with Crippen molar-refractivity contribution >= 4 is 23.2 Å². The zero-order valence-electron chi connectivity index (χ0n) is 14.5. The molecule has 3 rings (SSSR count). The van der Waals surface area contributed by atoms with Crippen molar-refractivity contribution in [1.82, 2.24) is 10.2 Å². The van der Waals surface area contributed by atoms with Gasteiger partial charge in [-0.15, -0.1) is 0 Å². The van der Waals surface area contributed by atoms with Crippen LogP contribution in [0.25, 0.3) is 0 Å². The third kappa shape index (κ3) is 5.28. The Balaban J connectivity index is 1.52.